The third-order valence-corrected chi connectivity index (χ3v) is 2.71. The highest BCUT2D eigenvalue weighted by atomic mass is 35.5. The summed E-state index contributed by atoms with van der Waals surface area (Å²) in [5.41, 5.74) is 0.361. The molecule has 0 spiro atoms. The quantitative estimate of drug-likeness (QED) is 0.775. The first kappa shape index (κ1) is 14.4. The van der Waals surface area contributed by atoms with Gasteiger partial charge < -0.3 is 10.4 Å². The molecule has 5 nitrogen and oxygen atoms in total. The standard InChI is InChI=1S/C12H15ClN2O3/c1-2-3-9(12(17)18)7-15-11(16)8-4-5-10(13)14-6-8/h4-6,9H,2-3,7H2,1H3,(H,15,16)(H,17,18). The fourth-order valence-corrected chi connectivity index (χ4v) is 1.60. The van der Waals surface area contributed by atoms with Crippen molar-refractivity contribution in [1.82, 2.24) is 10.3 Å². The van der Waals surface area contributed by atoms with Gasteiger partial charge in [0.25, 0.3) is 5.91 Å². The Labute approximate surface area is 110 Å². The van der Waals surface area contributed by atoms with E-state index in [2.05, 4.69) is 10.3 Å². The second kappa shape index (κ2) is 6.96. The number of hydrogen-bond donors (Lipinski definition) is 2. The molecule has 0 saturated carbocycles. The molecule has 98 valence electrons. The van der Waals surface area contributed by atoms with E-state index in [9.17, 15) is 9.59 Å². The van der Waals surface area contributed by atoms with Crippen LogP contribution in [0.4, 0.5) is 0 Å². The van der Waals surface area contributed by atoms with Gasteiger partial charge in [0.15, 0.2) is 0 Å². The van der Waals surface area contributed by atoms with E-state index in [1.807, 2.05) is 6.92 Å². The van der Waals surface area contributed by atoms with E-state index in [4.69, 9.17) is 16.7 Å². The first-order valence-corrected chi connectivity index (χ1v) is 6.05. The zero-order valence-corrected chi connectivity index (χ0v) is 10.8. The van der Waals surface area contributed by atoms with Gasteiger partial charge in [-0.25, -0.2) is 4.98 Å². The zero-order valence-electron chi connectivity index (χ0n) is 10.0. The Kier molecular flexibility index (Phi) is 5.58. The maximum atomic E-state index is 11.7. The highest BCUT2D eigenvalue weighted by Gasteiger charge is 2.17. The molecule has 1 amide bonds. The van der Waals surface area contributed by atoms with E-state index >= 15 is 0 Å². The van der Waals surface area contributed by atoms with Crippen LogP contribution in [0.1, 0.15) is 30.1 Å². The first-order valence-electron chi connectivity index (χ1n) is 5.67. The van der Waals surface area contributed by atoms with Gasteiger partial charge in [-0.15, -0.1) is 0 Å². The lowest BCUT2D eigenvalue weighted by atomic mass is 10.0. The SMILES string of the molecule is CCCC(CNC(=O)c1ccc(Cl)nc1)C(=O)O. The summed E-state index contributed by atoms with van der Waals surface area (Å²) in [6.45, 7) is 2.02. The van der Waals surface area contributed by atoms with Crippen molar-refractivity contribution in [2.24, 2.45) is 5.92 Å². The summed E-state index contributed by atoms with van der Waals surface area (Å²) in [5, 5.41) is 11.8. The predicted molar refractivity (Wildman–Crippen MR) is 67.6 cm³/mol. The van der Waals surface area contributed by atoms with Crippen LogP contribution in [0.2, 0.25) is 5.15 Å². The minimum atomic E-state index is -0.897. The van der Waals surface area contributed by atoms with Crippen LogP contribution in [0.5, 0.6) is 0 Å². The smallest absolute Gasteiger partial charge is 0.308 e. The molecule has 0 saturated heterocycles. The predicted octanol–water partition coefficient (Wildman–Crippen LogP) is 1.97. The molecule has 0 aliphatic heterocycles. The molecule has 1 atom stereocenters. The highest BCUT2D eigenvalue weighted by Crippen LogP contribution is 2.07. The van der Waals surface area contributed by atoms with Gasteiger partial charge in [-0.05, 0) is 18.6 Å². The maximum Gasteiger partial charge on any atom is 0.308 e. The molecule has 18 heavy (non-hydrogen) atoms. The molecule has 0 aliphatic rings. The van der Waals surface area contributed by atoms with Crippen LogP contribution in [-0.4, -0.2) is 28.5 Å². The Balaban J connectivity index is 2.54. The van der Waals surface area contributed by atoms with Crippen molar-refractivity contribution < 1.29 is 14.7 Å². The van der Waals surface area contributed by atoms with Gasteiger partial charge in [0.05, 0.1) is 11.5 Å². The third-order valence-electron chi connectivity index (χ3n) is 2.48. The Morgan fingerprint density at radius 3 is 2.72 bits per heavy atom. The van der Waals surface area contributed by atoms with Crippen molar-refractivity contribution in [1.29, 1.82) is 0 Å². The zero-order chi connectivity index (χ0) is 13.5. The van der Waals surface area contributed by atoms with Crippen molar-refractivity contribution in [2.75, 3.05) is 6.54 Å². The number of pyridine rings is 1. The minimum absolute atomic E-state index is 0.116. The fourth-order valence-electron chi connectivity index (χ4n) is 1.49. The number of aromatic nitrogens is 1. The molecule has 0 bridgehead atoms. The molecule has 1 aromatic heterocycles. The van der Waals surface area contributed by atoms with E-state index < -0.39 is 11.9 Å². The van der Waals surface area contributed by atoms with Crippen LogP contribution in [0.15, 0.2) is 18.3 Å². The number of carbonyl (C=O) groups is 2. The Morgan fingerprint density at radius 1 is 1.50 bits per heavy atom. The second-order valence-electron chi connectivity index (χ2n) is 3.90. The summed E-state index contributed by atoms with van der Waals surface area (Å²) < 4.78 is 0. The number of carbonyl (C=O) groups excluding carboxylic acids is 1. The van der Waals surface area contributed by atoms with Crippen LogP contribution in [0, 0.1) is 5.92 Å². The van der Waals surface area contributed by atoms with Gasteiger partial charge >= 0.3 is 5.97 Å². The van der Waals surface area contributed by atoms with Crippen molar-refractivity contribution in [3.8, 4) is 0 Å². The normalized spacial score (nSPS) is 11.9. The lowest BCUT2D eigenvalue weighted by molar-refractivity contribution is -0.141. The molecule has 0 aliphatic carbocycles. The molecular weight excluding hydrogens is 256 g/mol. The Bertz CT molecular complexity index is 420. The number of halogens is 1. The average Bonchev–Trinajstić information content (AvgIpc) is 2.34. The van der Waals surface area contributed by atoms with E-state index in [-0.39, 0.29) is 12.5 Å². The average molecular weight is 271 g/mol. The van der Waals surface area contributed by atoms with Gasteiger partial charge in [-0.2, -0.15) is 0 Å². The van der Waals surface area contributed by atoms with Gasteiger partial charge in [0.2, 0.25) is 0 Å². The third kappa shape index (κ3) is 4.33. The molecule has 6 heteroatoms. The number of hydrogen-bond acceptors (Lipinski definition) is 3. The number of nitrogens with one attached hydrogen (secondary N) is 1. The van der Waals surface area contributed by atoms with E-state index in [1.54, 1.807) is 6.07 Å². The van der Waals surface area contributed by atoms with E-state index in [0.29, 0.717) is 17.1 Å². The lowest BCUT2D eigenvalue weighted by Crippen LogP contribution is -2.32. The summed E-state index contributed by atoms with van der Waals surface area (Å²) in [6.07, 6.45) is 2.65. The van der Waals surface area contributed by atoms with Crippen LogP contribution < -0.4 is 5.32 Å². The molecule has 1 heterocycles. The van der Waals surface area contributed by atoms with Crippen molar-refractivity contribution in [3.05, 3.63) is 29.0 Å². The Hall–Kier alpha value is -1.62. The summed E-state index contributed by atoms with van der Waals surface area (Å²) in [4.78, 5) is 26.4. The van der Waals surface area contributed by atoms with E-state index in [1.165, 1.54) is 12.3 Å². The van der Waals surface area contributed by atoms with Crippen LogP contribution in [0.3, 0.4) is 0 Å². The van der Waals surface area contributed by atoms with Crippen molar-refractivity contribution >= 4 is 23.5 Å². The van der Waals surface area contributed by atoms with Gasteiger partial charge in [0.1, 0.15) is 5.15 Å². The molecule has 0 aromatic carbocycles. The van der Waals surface area contributed by atoms with Crippen molar-refractivity contribution in [2.45, 2.75) is 19.8 Å². The molecule has 0 radical (unpaired) electrons. The number of nitrogens with zero attached hydrogens (tertiary/aromatic N) is 1. The fraction of sp³-hybridized carbons (Fsp3) is 0.417. The highest BCUT2D eigenvalue weighted by molar-refractivity contribution is 6.29. The lowest BCUT2D eigenvalue weighted by Gasteiger charge is -2.12. The van der Waals surface area contributed by atoms with Gasteiger partial charge in [-0.1, -0.05) is 24.9 Å². The minimum Gasteiger partial charge on any atom is -0.481 e. The van der Waals surface area contributed by atoms with Crippen molar-refractivity contribution in [3.63, 3.8) is 0 Å². The number of aliphatic carboxylic acids is 1. The summed E-state index contributed by atoms with van der Waals surface area (Å²) in [5.74, 6) is -1.80. The number of carboxylic acids is 1. The largest absolute Gasteiger partial charge is 0.481 e. The van der Waals surface area contributed by atoms with Crippen LogP contribution in [0.25, 0.3) is 0 Å². The summed E-state index contributed by atoms with van der Waals surface area (Å²) >= 11 is 5.61. The molecule has 1 rings (SSSR count). The van der Waals surface area contributed by atoms with Gasteiger partial charge in [-0.3, -0.25) is 9.59 Å². The van der Waals surface area contributed by atoms with Crippen LogP contribution >= 0.6 is 11.6 Å². The van der Waals surface area contributed by atoms with Crippen LogP contribution in [-0.2, 0) is 4.79 Å². The Morgan fingerprint density at radius 2 is 2.22 bits per heavy atom. The topological polar surface area (TPSA) is 79.3 Å². The summed E-state index contributed by atoms with van der Waals surface area (Å²) in [7, 11) is 0. The number of rotatable bonds is 6. The summed E-state index contributed by atoms with van der Waals surface area (Å²) in [6, 6.07) is 3.05. The monoisotopic (exact) mass is 270 g/mol. The first-order chi connectivity index (χ1) is 8.54. The maximum absolute atomic E-state index is 11.7. The second-order valence-corrected chi connectivity index (χ2v) is 4.29. The number of carboxylic acid groups (broad SMARTS) is 1. The molecule has 1 unspecified atom stereocenters. The number of amides is 1. The molecule has 0 fully saturated rings. The molecular formula is C12H15ClN2O3. The van der Waals surface area contributed by atoms with E-state index in [0.717, 1.165) is 6.42 Å². The molecule has 2 N–H and O–H groups in total. The molecule has 1 aromatic rings. The van der Waals surface area contributed by atoms with Gasteiger partial charge in [0, 0.05) is 12.7 Å².